The highest BCUT2D eigenvalue weighted by Crippen LogP contribution is 2.33. The molecule has 2 heterocycles. The van der Waals surface area contributed by atoms with Gasteiger partial charge in [-0.1, -0.05) is 36.4 Å². The Morgan fingerprint density at radius 1 is 1.07 bits per heavy atom. The van der Waals surface area contributed by atoms with Gasteiger partial charge in [0.1, 0.15) is 5.75 Å². The summed E-state index contributed by atoms with van der Waals surface area (Å²) in [6.07, 6.45) is 7.05. The Morgan fingerprint density at radius 2 is 2.00 bits per heavy atom. The normalized spacial score (nSPS) is 20.4. The van der Waals surface area contributed by atoms with Gasteiger partial charge in [0.15, 0.2) is 0 Å². The standard InChI is InChI=1S/C24H26N2O/c27-20-5-3-4-19(15-20)18-10-12-26(13-11-18)16-17-8-9-24-22(14-17)21-6-1-2-7-23(21)25-24/h1-7,10,15,17,25,27H,8-9,11-14,16H2. The van der Waals surface area contributed by atoms with Crippen molar-refractivity contribution in [3.63, 3.8) is 0 Å². The maximum Gasteiger partial charge on any atom is 0.116 e. The van der Waals surface area contributed by atoms with Crippen molar-refractivity contribution in [3.8, 4) is 5.75 Å². The fourth-order valence-corrected chi connectivity index (χ4v) is 4.81. The number of aromatic hydroxyl groups is 1. The van der Waals surface area contributed by atoms with Crippen LogP contribution < -0.4 is 0 Å². The van der Waals surface area contributed by atoms with Crippen molar-refractivity contribution in [1.82, 2.24) is 9.88 Å². The van der Waals surface area contributed by atoms with E-state index in [1.165, 1.54) is 48.0 Å². The molecule has 0 saturated heterocycles. The second-order valence-electron chi connectivity index (χ2n) is 8.03. The first-order valence-corrected chi connectivity index (χ1v) is 10.1. The van der Waals surface area contributed by atoms with Gasteiger partial charge in [0.05, 0.1) is 0 Å². The summed E-state index contributed by atoms with van der Waals surface area (Å²) in [4.78, 5) is 6.22. The number of H-pyrrole nitrogens is 1. The Balaban J connectivity index is 1.26. The van der Waals surface area contributed by atoms with E-state index in [1.54, 1.807) is 11.6 Å². The zero-order valence-corrected chi connectivity index (χ0v) is 15.6. The van der Waals surface area contributed by atoms with E-state index < -0.39 is 0 Å². The lowest BCUT2D eigenvalue weighted by Gasteiger charge is -2.32. The molecule has 3 heteroatoms. The molecule has 1 aliphatic carbocycles. The molecule has 0 fully saturated rings. The number of nitrogens with one attached hydrogen (secondary N) is 1. The van der Waals surface area contributed by atoms with E-state index in [-0.39, 0.29) is 0 Å². The molecule has 1 atom stereocenters. The second kappa shape index (κ2) is 6.90. The van der Waals surface area contributed by atoms with Gasteiger partial charge in [-0.15, -0.1) is 0 Å². The van der Waals surface area contributed by atoms with Gasteiger partial charge in [-0.05, 0) is 66.5 Å². The summed E-state index contributed by atoms with van der Waals surface area (Å²) >= 11 is 0. The van der Waals surface area contributed by atoms with Crippen molar-refractivity contribution in [2.24, 2.45) is 5.92 Å². The van der Waals surface area contributed by atoms with Crippen molar-refractivity contribution in [1.29, 1.82) is 0 Å². The van der Waals surface area contributed by atoms with Gasteiger partial charge in [0, 0.05) is 36.2 Å². The molecule has 2 aliphatic rings. The first-order chi connectivity index (χ1) is 13.3. The van der Waals surface area contributed by atoms with Crippen LogP contribution >= 0.6 is 0 Å². The number of phenolic OH excluding ortho intramolecular Hbond substituents is 1. The van der Waals surface area contributed by atoms with Crippen LogP contribution in [0.4, 0.5) is 0 Å². The molecular weight excluding hydrogens is 332 g/mol. The molecule has 2 aromatic carbocycles. The first-order valence-electron chi connectivity index (χ1n) is 10.1. The molecule has 1 aromatic heterocycles. The largest absolute Gasteiger partial charge is 0.508 e. The number of aromatic amines is 1. The van der Waals surface area contributed by atoms with Crippen LogP contribution in [0.3, 0.4) is 0 Å². The molecule has 0 spiro atoms. The van der Waals surface area contributed by atoms with Crippen LogP contribution in [0.15, 0.2) is 54.6 Å². The highest BCUT2D eigenvalue weighted by molar-refractivity contribution is 5.84. The molecule has 138 valence electrons. The minimum atomic E-state index is 0.354. The number of aromatic nitrogens is 1. The molecular formula is C24H26N2O. The summed E-state index contributed by atoms with van der Waals surface area (Å²) in [7, 11) is 0. The summed E-state index contributed by atoms with van der Waals surface area (Å²) in [6, 6.07) is 16.4. The third kappa shape index (κ3) is 3.28. The Morgan fingerprint density at radius 3 is 2.85 bits per heavy atom. The number of fused-ring (bicyclic) bond motifs is 3. The molecule has 27 heavy (non-hydrogen) atoms. The van der Waals surface area contributed by atoms with E-state index in [0.717, 1.165) is 31.0 Å². The molecule has 1 unspecified atom stereocenters. The van der Waals surface area contributed by atoms with Crippen LogP contribution in [0.1, 0.15) is 29.7 Å². The SMILES string of the molecule is Oc1cccc(C2=CCN(CC3CCc4[nH]c5ccccc5c4C3)CC2)c1. The minimum absolute atomic E-state index is 0.354. The van der Waals surface area contributed by atoms with Crippen LogP contribution in [0.2, 0.25) is 0 Å². The summed E-state index contributed by atoms with van der Waals surface area (Å²) in [5.74, 6) is 1.10. The van der Waals surface area contributed by atoms with E-state index >= 15 is 0 Å². The molecule has 3 aromatic rings. The maximum atomic E-state index is 9.71. The van der Waals surface area contributed by atoms with Crippen molar-refractivity contribution in [3.05, 3.63) is 71.4 Å². The number of rotatable bonds is 3. The number of para-hydroxylation sites is 1. The van der Waals surface area contributed by atoms with E-state index in [9.17, 15) is 5.11 Å². The number of nitrogens with zero attached hydrogens (tertiary/aromatic N) is 1. The fourth-order valence-electron chi connectivity index (χ4n) is 4.81. The smallest absolute Gasteiger partial charge is 0.116 e. The zero-order valence-electron chi connectivity index (χ0n) is 15.6. The number of aryl methyl sites for hydroxylation is 1. The predicted molar refractivity (Wildman–Crippen MR) is 111 cm³/mol. The fraction of sp³-hybridized carbons (Fsp3) is 0.333. The van der Waals surface area contributed by atoms with Crippen LogP contribution in [-0.4, -0.2) is 34.6 Å². The average Bonchev–Trinajstić information content (AvgIpc) is 3.07. The van der Waals surface area contributed by atoms with Gasteiger partial charge in [-0.25, -0.2) is 0 Å². The third-order valence-corrected chi connectivity index (χ3v) is 6.22. The lowest BCUT2D eigenvalue weighted by Crippen LogP contribution is -2.35. The van der Waals surface area contributed by atoms with E-state index in [1.807, 2.05) is 12.1 Å². The van der Waals surface area contributed by atoms with Crippen molar-refractivity contribution in [2.45, 2.75) is 25.7 Å². The Hall–Kier alpha value is -2.52. The highest BCUT2D eigenvalue weighted by Gasteiger charge is 2.24. The predicted octanol–water partition coefficient (Wildman–Crippen LogP) is 4.77. The molecule has 3 nitrogen and oxygen atoms in total. The summed E-state index contributed by atoms with van der Waals surface area (Å²) < 4.78 is 0. The van der Waals surface area contributed by atoms with Crippen molar-refractivity contribution >= 4 is 16.5 Å². The van der Waals surface area contributed by atoms with Gasteiger partial charge in [-0.3, -0.25) is 4.90 Å². The van der Waals surface area contributed by atoms with Gasteiger partial charge >= 0.3 is 0 Å². The summed E-state index contributed by atoms with van der Waals surface area (Å²) in [5.41, 5.74) is 6.83. The van der Waals surface area contributed by atoms with Crippen molar-refractivity contribution in [2.75, 3.05) is 19.6 Å². The van der Waals surface area contributed by atoms with Gasteiger partial charge in [0.25, 0.3) is 0 Å². The second-order valence-corrected chi connectivity index (χ2v) is 8.03. The maximum absolute atomic E-state index is 9.71. The molecule has 0 saturated carbocycles. The molecule has 2 N–H and O–H groups in total. The van der Waals surface area contributed by atoms with E-state index in [4.69, 9.17) is 0 Å². The minimum Gasteiger partial charge on any atom is -0.508 e. The number of phenols is 1. The van der Waals surface area contributed by atoms with Crippen molar-refractivity contribution < 1.29 is 5.11 Å². The quantitative estimate of drug-likeness (QED) is 0.708. The molecule has 0 radical (unpaired) electrons. The number of hydrogen-bond donors (Lipinski definition) is 2. The van der Waals surface area contributed by atoms with Gasteiger partial charge in [-0.2, -0.15) is 0 Å². The monoisotopic (exact) mass is 358 g/mol. The topological polar surface area (TPSA) is 39.3 Å². The molecule has 5 rings (SSSR count). The van der Waals surface area contributed by atoms with Crippen LogP contribution in [-0.2, 0) is 12.8 Å². The zero-order chi connectivity index (χ0) is 18.2. The Labute approximate surface area is 160 Å². The third-order valence-electron chi connectivity index (χ3n) is 6.22. The summed E-state index contributed by atoms with van der Waals surface area (Å²) in [6.45, 7) is 3.31. The molecule has 0 bridgehead atoms. The average molecular weight is 358 g/mol. The highest BCUT2D eigenvalue weighted by atomic mass is 16.3. The number of benzene rings is 2. The lowest BCUT2D eigenvalue weighted by molar-refractivity contribution is 0.238. The van der Waals surface area contributed by atoms with E-state index in [0.29, 0.717) is 5.75 Å². The van der Waals surface area contributed by atoms with Crippen LogP contribution in [0, 0.1) is 5.92 Å². The van der Waals surface area contributed by atoms with Crippen LogP contribution in [0.25, 0.3) is 16.5 Å². The number of hydrogen-bond acceptors (Lipinski definition) is 2. The lowest BCUT2D eigenvalue weighted by atomic mass is 9.85. The Bertz CT molecular complexity index is 1000. The first kappa shape index (κ1) is 16.6. The summed E-state index contributed by atoms with van der Waals surface area (Å²) in [5, 5.41) is 11.1. The van der Waals surface area contributed by atoms with Gasteiger partial charge < -0.3 is 10.1 Å². The van der Waals surface area contributed by atoms with E-state index in [2.05, 4.69) is 46.3 Å². The van der Waals surface area contributed by atoms with Crippen LogP contribution in [0.5, 0.6) is 5.75 Å². The van der Waals surface area contributed by atoms with Gasteiger partial charge in [0.2, 0.25) is 0 Å². The molecule has 1 aliphatic heterocycles. The Kier molecular flexibility index (Phi) is 4.25. The molecule has 0 amide bonds.